The lowest BCUT2D eigenvalue weighted by Crippen LogP contribution is -1.96. The predicted molar refractivity (Wildman–Crippen MR) is 89.3 cm³/mol. The molecule has 0 bridgehead atoms. The smallest absolute Gasteiger partial charge is 0.162 e. The first-order chi connectivity index (χ1) is 11.2. The third kappa shape index (κ3) is 3.05. The molecule has 0 saturated heterocycles. The van der Waals surface area contributed by atoms with Crippen LogP contribution in [0.2, 0.25) is 0 Å². The van der Waals surface area contributed by atoms with E-state index in [-0.39, 0.29) is 0 Å². The summed E-state index contributed by atoms with van der Waals surface area (Å²) < 4.78 is 16.7. The number of rotatable bonds is 5. The molecule has 5 heteroatoms. The van der Waals surface area contributed by atoms with Crippen molar-refractivity contribution >= 4 is 10.9 Å². The summed E-state index contributed by atoms with van der Waals surface area (Å²) in [5.41, 5.74) is 7.45. The van der Waals surface area contributed by atoms with Gasteiger partial charge in [-0.25, -0.2) is 0 Å². The second-order valence-electron chi connectivity index (χ2n) is 4.98. The van der Waals surface area contributed by atoms with Crippen LogP contribution in [0.25, 0.3) is 10.9 Å². The number of aromatic nitrogens is 1. The van der Waals surface area contributed by atoms with E-state index in [1.165, 1.54) is 0 Å². The van der Waals surface area contributed by atoms with Crippen LogP contribution < -0.4 is 19.9 Å². The van der Waals surface area contributed by atoms with Gasteiger partial charge in [0.15, 0.2) is 11.5 Å². The van der Waals surface area contributed by atoms with E-state index in [0.717, 1.165) is 22.2 Å². The second kappa shape index (κ2) is 6.54. The summed E-state index contributed by atoms with van der Waals surface area (Å²) in [5, 5.41) is 0.855. The topological polar surface area (TPSA) is 66.6 Å². The molecule has 0 amide bonds. The van der Waals surface area contributed by atoms with Gasteiger partial charge >= 0.3 is 0 Å². The van der Waals surface area contributed by atoms with Crippen molar-refractivity contribution in [1.29, 1.82) is 0 Å². The highest BCUT2D eigenvalue weighted by Crippen LogP contribution is 2.36. The zero-order chi connectivity index (χ0) is 16.2. The average Bonchev–Trinajstić information content (AvgIpc) is 2.61. The van der Waals surface area contributed by atoms with E-state index in [0.29, 0.717) is 23.8 Å². The van der Waals surface area contributed by atoms with Gasteiger partial charge in [0.2, 0.25) is 0 Å². The molecule has 3 aromatic rings. The van der Waals surface area contributed by atoms with Gasteiger partial charge in [0.1, 0.15) is 11.5 Å². The van der Waals surface area contributed by atoms with E-state index in [9.17, 15) is 0 Å². The molecule has 0 aliphatic carbocycles. The summed E-state index contributed by atoms with van der Waals surface area (Å²) in [6.07, 6.45) is 1.71. The molecule has 0 saturated carbocycles. The Bertz CT molecular complexity index is 816. The van der Waals surface area contributed by atoms with Crippen molar-refractivity contribution in [3.05, 3.63) is 54.2 Å². The second-order valence-corrected chi connectivity index (χ2v) is 4.98. The van der Waals surface area contributed by atoms with Gasteiger partial charge in [0, 0.05) is 24.2 Å². The first kappa shape index (κ1) is 15.1. The number of ether oxygens (including phenoxy) is 3. The number of hydrogen-bond donors (Lipinski definition) is 1. The Labute approximate surface area is 134 Å². The Kier molecular flexibility index (Phi) is 4.30. The Hall–Kier alpha value is -2.79. The largest absolute Gasteiger partial charge is 0.493 e. The van der Waals surface area contributed by atoms with E-state index in [2.05, 4.69) is 4.98 Å². The summed E-state index contributed by atoms with van der Waals surface area (Å²) in [5.74, 6) is 2.72. The quantitative estimate of drug-likeness (QED) is 0.781. The van der Waals surface area contributed by atoms with Gasteiger partial charge < -0.3 is 19.9 Å². The normalized spacial score (nSPS) is 10.6. The summed E-state index contributed by atoms with van der Waals surface area (Å²) in [6.45, 7) is 0.509. The van der Waals surface area contributed by atoms with Crippen LogP contribution in [0.1, 0.15) is 5.56 Å². The minimum absolute atomic E-state index is 0.509. The fourth-order valence-corrected chi connectivity index (χ4v) is 2.36. The summed E-state index contributed by atoms with van der Waals surface area (Å²) >= 11 is 0. The van der Waals surface area contributed by atoms with E-state index >= 15 is 0 Å². The molecule has 1 heterocycles. The van der Waals surface area contributed by atoms with Gasteiger partial charge in [-0.15, -0.1) is 0 Å². The molecule has 2 N–H and O–H groups in total. The highest BCUT2D eigenvalue weighted by Gasteiger charge is 2.11. The van der Waals surface area contributed by atoms with Crippen molar-refractivity contribution in [1.82, 2.24) is 4.98 Å². The molecular weight excluding hydrogens is 292 g/mol. The van der Waals surface area contributed by atoms with Gasteiger partial charge in [0.25, 0.3) is 0 Å². The summed E-state index contributed by atoms with van der Waals surface area (Å²) in [4.78, 5) is 4.36. The van der Waals surface area contributed by atoms with Crippen molar-refractivity contribution in [3.63, 3.8) is 0 Å². The number of benzene rings is 2. The minimum atomic E-state index is 0.509. The van der Waals surface area contributed by atoms with E-state index < -0.39 is 0 Å². The van der Waals surface area contributed by atoms with Crippen LogP contribution in [-0.4, -0.2) is 19.2 Å². The molecule has 0 unspecified atom stereocenters. The SMILES string of the molecule is COc1cc2nccc(Oc3ccc(CN)cc3)c2cc1OC. The molecule has 23 heavy (non-hydrogen) atoms. The molecule has 5 nitrogen and oxygen atoms in total. The Balaban J connectivity index is 2.02. The minimum Gasteiger partial charge on any atom is -0.493 e. The Morgan fingerprint density at radius 1 is 0.913 bits per heavy atom. The van der Waals surface area contributed by atoms with Gasteiger partial charge in [0.05, 0.1) is 19.7 Å². The molecule has 0 fully saturated rings. The lowest BCUT2D eigenvalue weighted by molar-refractivity contribution is 0.355. The van der Waals surface area contributed by atoms with Crippen molar-refractivity contribution < 1.29 is 14.2 Å². The number of nitrogens with zero attached hydrogens (tertiary/aromatic N) is 1. The monoisotopic (exact) mass is 310 g/mol. The number of methoxy groups -OCH3 is 2. The molecule has 1 aromatic heterocycles. The van der Waals surface area contributed by atoms with Crippen LogP contribution in [0.15, 0.2) is 48.7 Å². The van der Waals surface area contributed by atoms with Crippen molar-refractivity contribution in [2.45, 2.75) is 6.54 Å². The van der Waals surface area contributed by atoms with Crippen molar-refractivity contribution in [2.24, 2.45) is 5.73 Å². The highest BCUT2D eigenvalue weighted by molar-refractivity contribution is 5.88. The van der Waals surface area contributed by atoms with Crippen LogP contribution in [0.4, 0.5) is 0 Å². The van der Waals surface area contributed by atoms with Crippen LogP contribution >= 0.6 is 0 Å². The molecular formula is C18H18N2O3. The molecule has 0 aliphatic rings. The molecule has 0 atom stereocenters. The van der Waals surface area contributed by atoms with Gasteiger partial charge in [-0.05, 0) is 29.8 Å². The Morgan fingerprint density at radius 2 is 1.61 bits per heavy atom. The lowest BCUT2D eigenvalue weighted by atomic mass is 10.1. The molecule has 2 aromatic carbocycles. The van der Waals surface area contributed by atoms with E-state index in [1.807, 2.05) is 42.5 Å². The lowest BCUT2D eigenvalue weighted by Gasteiger charge is -2.12. The number of pyridine rings is 1. The zero-order valence-corrected chi connectivity index (χ0v) is 13.1. The third-order valence-corrected chi connectivity index (χ3v) is 3.59. The third-order valence-electron chi connectivity index (χ3n) is 3.59. The number of hydrogen-bond acceptors (Lipinski definition) is 5. The number of nitrogens with two attached hydrogens (primary N) is 1. The van der Waals surface area contributed by atoms with E-state index in [1.54, 1.807) is 20.4 Å². The maximum atomic E-state index is 5.99. The van der Waals surface area contributed by atoms with Crippen LogP contribution in [0.3, 0.4) is 0 Å². The van der Waals surface area contributed by atoms with Crippen molar-refractivity contribution in [2.75, 3.05) is 14.2 Å². The van der Waals surface area contributed by atoms with Gasteiger partial charge in [-0.3, -0.25) is 4.98 Å². The maximum Gasteiger partial charge on any atom is 0.162 e. The highest BCUT2D eigenvalue weighted by atomic mass is 16.5. The fourth-order valence-electron chi connectivity index (χ4n) is 2.36. The zero-order valence-electron chi connectivity index (χ0n) is 13.1. The maximum absolute atomic E-state index is 5.99. The molecule has 118 valence electrons. The van der Waals surface area contributed by atoms with Gasteiger partial charge in [-0.2, -0.15) is 0 Å². The van der Waals surface area contributed by atoms with Crippen LogP contribution in [0, 0.1) is 0 Å². The first-order valence-electron chi connectivity index (χ1n) is 7.22. The van der Waals surface area contributed by atoms with E-state index in [4.69, 9.17) is 19.9 Å². The molecule has 3 rings (SSSR count). The number of fused-ring (bicyclic) bond motifs is 1. The molecule has 0 radical (unpaired) electrons. The van der Waals surface area contributed by atoms with Crippen molar-refractivity contribution in [3.8, 4) is 23.0 Å². The summed E-state index contributed by atoms with van der Waals surface area (Å²) in [6, 6.07) is 13.2. The van der Waals surface area contributed by atoms with Crippen LogP contribution in [-0.2, 0) is 6.54 Å². The average molecular weight is 310 g/mol. The molecule has 0 aliphatic heterocycles. The Morgan fingerprint density at radius 3 is 2.26 bits per heavy atom. The van der Waals surface area contributed by atoms with Crippen LogP contribution in [0.5, 0.6) is 23.0 Å². The standard InChI is InChI=1S/C18H18N2O3/c1-21-17-9-14-15(10-18(17)22-2)20-8-7-16(14)23-13-5-3-12(11-19)4-6-13/h3-10H,11,19H2,1-2H3. The first-order valence-corrected chi connectivity index (χ1v) is 7.22. The molecule has 0 spiro atoms. The fraction of sp³-hybridized carbons (Fsp3) is 0.167. The van der Waals surface area contributed by atoms with Gasteiger partial charge in [-0.1, -0.05) is 12.1 Å². The summed E-state index contributed by atoms with van der Waals surface area (Å²) in [7, 11) is 3.20. The predicted octanol–water partition coefficient (Wildman–Crippen LogP) is 3.50.